The number of hydrogen-bond acceptors (Lipinski definition) is 4. The summed E-state index contributed by atoms with van der Waals surface area (Å²) in [4.78, 5) is 0. The van der Waals surface area contributed by atoms with Gasteiger partial charge in [0.2, 0.25) is 0 Å². The molecule has 1 aromatic rings. The first kappa shape index (κ1) is 14.2. The van der Waals surface area contributed by atoms with E-state index in [0.717, 1.165) is 12.8 Å². The van der Waals surface area contributed by atoms with Gasteiger partial charge in [-0.25, -0.2) is 0 Å². The quantitative estimate of drug-likeness (QED) is 0.858. The summed E-state index contributed by atoms with van der Waals surface area (Å²) in [6.07, 6.45) is 0.0525. The molecule has 0 saturated heterocycles. The summed E-state index contributed by atoms with van der Waals surface area (Å²) < 4.78 is 10.9. The van der Waals surface area contributed by atoms with Crippen molar-refractivity contribution >= 4 is 0 Å². The van der Waals surface area contributed by atoms with Crippen LogP contribution in [0, 0.1) is 5.92 Å². The minimum Gasteiger partial charge on any atom is -0.486 e. The Balaban J connectivity index is 2.16. The largest absolute Gasteiger partial charge is 0.486 e. The van der Waals surface area contributed by atoms with Crippen LogP contribution in [0.15, 0.2) is 18.2 Å². The Bertz CT molecular complexity index is 415. The first-order chi connectivity index (χ1) is 9.17. The Morgan fingerprint density at radius 1 is 1.05 bits per heavy atom. The van der Waals surface area contributed by atoms with Crippen LogP contribution in [0.5, 0.6) is 11.5 Å². The van der Waals surface area contributed by atoms with Gasteiger partial charge < -0.3 is 19.7 Å². The van der Waals surface area contributed by atoms with E-state index in [-0.39, 0.29) is 5.92 Å². The van der Waals surface area contributed by atoms with Gasteiger partial charge in [-0.1, -0.05) is 32.8 Å². The highest BCUT2D eigenvalue weighted by atomic mass is 16.6. The van der Waals surface area contributed by atoms with Crippen molar-refractivity contribution in [2.75, 3.05) is 13.2 Å². The van der Waals surface area contributed by atoms with Crippen molar-refractivity contribution in [3.05, 3.63) is 23.8 Å². The predicted octanol–water partition coefficient (Wildman–Crippen LogP) is 2.29. The summed E-state index contributed by atoms with van der Waals surface area (Å²) >= 11 is 0. The molecule has 1 aliphatic rings. The number of hydrogen-bond donors (Lipinski definition) is 2. The second-order valence-electron chi connectivity index (χ2n) is 4.92. The molecule has 2 atom stereocenters. The summed E-state index contributed by atoms with van der Waals surface area (Å²) in [5, 5.41) is 20.5. The van der Waals surface area contributed by atoms with E-state index in [0.29, 0.717) is 30.3 Å². The maximum absolute atomic E-state index is 10.3. The normalized spacial score (nSPS) is 17.3. The molecule has 1 heterocycles. The van der Waals surface area contributed by atoms with Crippen LogP contribution in [-0.4, -0.2) is 29.5 Å². The minimum atomic E-state index is -0.888. The smallest absolute Gasteiger partial charge is 0.161 e. The van der Waals surface area contributed by atoms with Crippen LogP contribution in [0.3, 0.4) is 0 Å². The highest BCUT2D eigenvalue weighted by molar-refractivity contribution is 5.44. The van der Waals surface area contributed by atoms with Crippen molar-refractivity contribution < 1.29 is 19.7 Å². The van der Waals surface area contributed by atoms with E-state index in [1.165, 1.54) is 0 Å². The lowest BCUT2D eigenvalue weighted by Gasteiger charge is -2.26. The van der Waals surface area contributed by atoms with Crippen LogP contribution >= 0.6 is 0 Å². The number of aliphatic hydroxyl groups excluding tert-OH is 2. The van der Waals surface area contributed by atoms with Crippen LogP contribution in [0.25, 0.3) is 0 Å². The Morgan fingerprint density at radius 2 is 1.68 bits per heavy atom. The van der Waals surface area contributed by atoms with Gasteiger partial charge in [-0.3, -0.25) is 0 Å². The zero-order valence-corrected chi connectivity index (χ0v) is 11.5. The van der Waals surface area contributed by atoms with Crippen molar-refractivity contribution in [2.24, 2.45) is 5.92 Å². The van der Waals surface area contributed by atoms with Crippen molar-refractivity contribution in [1.82, 2.24) is 0 Å². The molecule has 2 rings (SSSR count). The van der Waals surface area contributed by atoms with Crippen LogP contribution in [-0.2, 0) is 0 Å². The molecule has 19 heavy (non-hydrogen) atoms. The molecular weight excluding hydrogens is 244 g/mol. The fraction of sp³-hybridized carbons (Fsp3) is 0.600. The zero-order valence-electron chi connectivity index (χ0n) is 11.5. The van der Waals surface area contributed by atoms with Gasteiger partial charge in [-0.15, -0.1) is 0 Å². The molecule has 4 heteroatoms. The molecule has 0 bridgehead atoms. The summed E-state index contributed by atoms with van der Waals surface area (Å²) in [5.74, 6) is 1.43. The van der Waals surface area contributed by atoms with Crippen molar-refractivity contribution in [1.29, 1.82) is 0 Å². The molecule has 0 aromatic heterocycles. The summed E-state index contributed by atoms with van der Waals surface area (Å²) in [6.45, 7) is 5.11. The molecule has 2 N–H and O–H groups in total. The third-order valence-electron chi connectivity index (χ3n) is 3.76. The predicted molar refractivity (Wildman–Crippen MR) is 72.5 cm³/mol. The molecule has 4 nitrogen and oxygen atoms in total. The maximum atomic E-state index is 10.3. The second-order valence-corrected chi connectivity index (χ2v) is 4.92. The second kappa shape index (κ2) is 6.26. The fourth-order valence-electron chi connectivity index (χ4n) is 2.47. The molecule has 0 radical (unpaired) electrons. The van der Waals surface area contributed by atoms with Gasteiger partial charge in [0.15, 0.2) is 11.5 Å². The topological polar surface area (TPSA) is 58.9 Å². The lowest BCUT2D eigenvalue weighted by Crippen LogP contribution is -2.27. The van der Waals surface area contributed by atoms with E-state index in [2.05, 4.69) is 0 Å². The Labute approximate surface area is 114 Å². The van der Waals surface area contributed by atoms with Gasteiger partial charge in [0, 0.05) is 0 Å². The van der Waals surface area contributed by atoms with E-state index in [1.807, 2.05) is 13.8 Å². The molecule has 2 unspecified atom stereocenters. The molecule has 106 valence electrons. The number of aliphatic hydroxyl groups is 2. The van der Waals surface area contributed by atoms with Gasteiger partial charge in [-0.2, -0.15) is 0 Å². The first-order valence-corrected chi connectivity index (χ1v) is 6.93. The zero-order chi connectivity index (χ0) is 13.8. The number of rotatable bonds is 5. The average molecular weight is 266 g/mol. The number of ether oxygens (including phenoxy) is 2. The van der Waals surface area contributed by atoms with Crippen LogP contribution in [0.2, 0.25) is 0 Å². The SMILES string of the molecule is CCC(CC)C(O)C(O)c1ccc2c(c1)OCCO2. The summed E-state index contributed by atoms with van der Waals surface area (Å²) in [5.41, 5.74) is 0.670. The van der Waals surface area contributed by atoms with E-state index < -0.39 is 12.2 Å². The van der Waals surface area contributed by atoms with Crippen LogP contribution in [0.1, 0.15) is 38.4 Å². The maximum Gasteiger partial charge on any atom is 0.161 e. The third-order valence-corrected chi connectivity index (χ3v) is 3.76. The standard InChI is InChI=1S/C15H22O4/c1-3-10(4-2)14(16)15(17)11-5-6-12-13(9-11)19-8-7-18-12/h5-6,9-10,14-17H,3-4,7-8H2,1-2H3. The Kier molecular flexibility index (Phi) is 4.66. The van der Waals surface area contributed by atoms with Gasteiger partial charge in [0.25, 0.3) is 0 Å². The monoisotopic (exact) mass is 266 g/mol. The molecule has 0 spiro atoms. The highest BCUT2D eigenvalue weighted by Crippen LogP contribution is 2.34. The lowest BCUT2D eigenvalue weighted by molar-refractivity contribution is -0.0211. The van der Waals surface area contributed by atoms with Crippen molar-refractivity contribution in [2.45, 2.75) is 38.9 Å². The molecular formula is C15H22O4. The molecule has 0 aliphatic carbocycles. The van der Waals surface area contributed by atoms with Gasteiger partial charge in [0.05, 0.1) is 6.10 Å². The van der Waals surface area contributed by atoms with E-state index in [4.69, 9.17) is 9.47 Å². The molecule has 0 fully saturated rings. The summed E-state index contributed by atoms with van der Waals surface area (Å²) in [6, 6.07) is 5.32. The fourth-order valence-corrected chi connectivity index (χ4v) is 2.47. The van der Waals surface area contributed by atoms with Crippen LogP contribution in [0.4, 0.5) is 0 Å². The average Bonchev–Trinajstić information content (AvgIpc) is 2.47. The Morgan fingerprint density at radius 3 is 2.32 bits per heavy atom. The van der Waals surface area contributed by atoms with Gasteiger partial charge >= 0.3 is 0 Å². The minimum absolute atomic E-state index is 0.100. The lowest BCUT2D eigenvalue weighted by atomic mass is 9.89. The van der Waals surface area contributed by atoms with Crippen molar-refractivity contribution in [3.63, 3.8) is 0 Å². The molecule has 0 saturated carbocycles. The van der Waals surface area contributed by atoms with Crippen molar-refractivity contribution in [3.8, 4) is 11.5 Å². The highest BCUT2D eigenvalue weighted by Gasteiger charge is 2.26. The van der Waals surface area contributed by atoms with Gasteiger partial charge in [-0.05, 0) is 23.6 Å². The summed E-state index contributed by atoms with van der Waals surface area (Å²) in [7, 11) is 0. The van der Waals surface area contributed by atoms with Gasteiger partial charge in [0.1, 0.15) is 19.3 Å². The van der Waals surface area contributed by atoms with Crippen LogP contribution < -0.4 is 9.47 Å². The third kappa shape index (κ3) is 3.01. The van der Waals surface area contributed by atoms with E-state index in [9.17, 15) is 10.2 Å². The molecule has 0 amide bonds. The van der Waals surface area contributed by atoms with E-state index in [1.54, 1.807) is 18.2 Å². The molecule has 1 aliphatic heterocycles. The molecule has 1 aromatic carbocycles. The first-order valence-electron chi connectivity index (χ1n) is 6.93. The number of benzene rings is 1. The Hall–Kier alpha value is -1.26. The number of fused-ring (bicyclic) bond motifs is 1. The van der Waals surface area contributed by atoms with E-state index >= 15 is 0 Å².